The first-order chi connectivity index (χ1) is 13.4. The van der Waals surface area contributed by atoms with Crippen LogP contribution in [-0.4, -0.2) is 22.1 Å². The highest BCUT2D eigenvalue weighted by atomic mass is 35.5. The van der Waals surface area contributed by atoms with Gasteiger partial charge in [0.05, 0.1) is 5.69 Å². The minimum atomic E-state index is -0.273. The van der Waals surface area contributed by atoms with E-state index in [2.05, 4.69) is 15.3 Å². The number of halogens is 3. The van der Waals surface area contributed by atoms with Crippen LogP contribution in [0.1, 0.15) is 11.3 Å². The van der Waals surface area contributed by atoms with Gasteiger partial charge in [0.2, 0.25) is 0 Å². The molecule has 10 heteroatoms. The van der Waals surface area contributed by atoms with E-state index in [4.69, 9.17) is 40.5 Å². The number of carbonyl (C=O) groups is 1. The highest BCUT2D eigenvalue weighted by Crippen LogP contribution is 2.23. The zero-order valence-corrected chi connectivity index (χ0v) is 17.9. The van der Waals surface area contributed by atoms with Crippen LogP contribution in [0.4, 0.5) is 11.5 Å². The number of benzene rings is 1. The third-order valence-electron chi connectivity index (χ3n) is 3.99. The molecule has 146 valence electrons. The Hall–Kier alpha value is -1.93. The van der Waals surface area contributed by atoms with Crippen molar-refractivity contribution in [1.82, 2.24) is 9.97 Å². The van der Waals surface area contributed by atoms with Gasteiger partial charge in [0.15, 0.2) is 12.4 Å². The molecule has 0 atom stereocenters. The minimum Gasteiger partial charge on any atom is -0.396 e. The molecule has 6 nitrogen and oxygen atoms in total. The Bertz CT molecular complexity index is 1020. The van der Waals surface area contributed by atoms with E-state index < -0.39 is 0 Å². The number of nitrogen functional groups attached to an aromatic ring is 1. The van der Waals surface area contributed by atoms with Gasteiger partial charge in [-0.15, -0.1) is 0 Å². The van der Waals surface area contributed by atoms with E-state index in [1.54, 1.807) is 24.3 Å². The average molecular weight is 458 g/mol. The number of aromatic nitrogens is 3. The van der Waals surface area contributed by atoms with Crippen molar-refractivity contribution < 1.29 is 9.36 Å². The molecule has 0 aliphatic carbocycles. The van der Waals surface area contributed by atoms with E-state index in [1.165, 1.54) is 11.8 Å². The third-order valence-corrected chi connectivity index (χ3v) is 5.51. The summed E-state index contributed by atoms with van der Waals surface area (Å²) in [5, 5.41) is 4.94. The predicted molar refractivity (Wildman–Crippen MR) is 114 cm³/mol. The summed E-state index contributed by atoms with van der Waals surface area (Å²) in [5.74, 6) is -0.0357. The fourth-order valence-electron chi connectivity index (χ4n) is 2.64. The van der Waals surface area contributed by atoms with Crippen LogP contribution in [0, 0.1) is 0 Å². The predicted octanol–water partition coefficient (Wildman–Crippen LogP) is 4.19. The fraction of sp³-hybridized carbons (Fsp3) is 0.167. The SMILES string of the molecule is CSc1[nH]cc(Cc2ccc(Cl)cc2Cl)[n+]1CC(=O)Nc1nc(Cl)ccc1N. The Morgan fingerprint density at radius 3 is 2.79 bits per heavy atom. The highest BCUT2D eigenvalue weighted by Gasteiger charge is 2.22. The molecule has 3 rings (SSSR count). The molecule has 0 aliphatic rings. The van der Waals surface area contributed by atoms with Gasteiger partial charge in [-0.05, 0) is 47.8 Å². The molecular formula is C18H17Cl3N5OS+. The lowest BCUT2D eigenvalue weighted by Crippen LogP contribution is -2.44. The number of pyridine rings is 1. The first-order valence-electron chi connectivity index (χ1n) is 8.17. The summed E-state index contributed by atoms with van der Waals surface area (Å²) in [6.07, 6.45) is 4.32. The quantitative estimate of drug-likeness (QED) is 0.294. The van der Waals surface area contributed by atoms with Crippen LogP contribution in [-0.2, 0) is 17.8 Å². The van der Waals surface area contributed by atoms with Crippen LogP contribution in [0.2, 0.25) is 15.2 Å². The monoisotopic (exact) mass is 456 g/mol. The fourth-order valence-corrected chi connectivity index (χ4v) is 3.84. The molecule has 0 radical (unpaired) electrons. The van der Waals surface area contributed by atoms with Gasteiger partial charge in [0, 0.05) is 16.5 Å². The van der Waals surface area contributed by atoms with Gasteiger partial charge >= 0.3 is 5.16 Å². The lowest BCUT2D eigenvalue weighted by molar-refractivity contribution is -0.726. The molecule has 0 fully saturated rings. The van der Waals surface area contributed by atoms with Crippen LogP contribution < -0.4 is 15.6 Å². The van der Waals surface area contributed by atoms with E-state index in [0.717, 1.165) is 16.4 Å². The molecule has 0 aliphatic heterocycles. The van der Waals surface area contributed by atoms with E-state index in [0.29, 0.717) is 22.2 Å². The first-order valence-corrected chi connectivity index (χ1v) is 10.5. The Balaban J connectivity index is 1.82. The number of thioether (sulfide) groups is 1. The molecule has 2 heterocycles. The smallest absolute Gasteiger partial charge is 0.316 e. The normalized spacial score (nSPS) is 10.9. The van der Waals surface area contributed by atoms with Crippen molar-refractivity contribution in [2.24, 2.45) is 0 Å². The Kier molecular flexibility index (Phi) is 6.72. The van der Waals surface area contributed by atoms with Crippen molar-refractivity contribution in [3.8, 4) is 0 Å². The molecule has 1 amide bonds. The first kappa shape index (κ1) is 20.8. The number of nitrogens with two attached hydrogens (primary N) is 1. The molecule has 0 bridgehead atoms. The maximum absolute atomic E-state index is 12.6. The Labute approximate surface area is 181 Å². The summed E-state index contributed by atoms with van der Waals surface area (Å²) in [4.78, 5) is 19.8. The molecule has 0 unspecified atom stereocenters. The maximum atomic E-state index is 12.6. The van der Waals surface area contributed by atoms with Gasteiger partial charge in [-0.2, -0.15) is 0 Å². The van der Waals surface area contributed by atoms with E-state index in [1.807, 2.05) is 23.1 Å². The van der Waals surface area contributed by atoms with Crippen LogP contribution in [0.15, 0.2) is 41.7 Å². The zero-order valence-electron chi connectivity index (χ0n) is 14.8. The largest absolute Gasteiger partial charge is 0.396 e. The number of nitrogens with one attached hydrogen (secondary N) is 2. The Morgan fingerprint density at radius 1 is 1.29 bits per heavy atom. The summed E-state index contributed by atoms with van der Waals surface area (Å²) in [6, 6.07) is 8.51. The van der Waals surface area contributed by atoms with Crippen molar-refractivity contribution >= 4 is 64.0 Å². The second-order valence-electron chi connectivity index (χ2n) is 5.91. The minimum absolute atomic E-state index is 0.0772. The van der Waals surface area contributed by atoms with Crippen molar-refractivity contribution in [3.05, 3.63) is 63.0 Å². The highest BCUT2D eigenvalue weighted by molar-refractivity contribution is 7.98. The topological polar surface area (TPSA) is 87.7 Å². The number of carbonyl (C=O) groups excluding carboxylic acids is 1. The van der Waals surface area contributed by atoms with Crippen LogP contribution >= 0.6 is 46.6 Å². The summed E-state index contributed by atoms with van der Waals surface area (Å²) < 4.78 is 1.88. The maximum Gasteiger partial charge on any atom is 0.316 e. The third kappa shape index (κ3) is 4.91. The van der Waals surface area contributed by atoms with Gasteiger partial charge < -0.3 is 11.1 Å². The van der Waals surface area contributed by atoms with Crippen molar-refractivity contribution in [2.75, 3.05) is 17.3 Å². The standard InChI is InChI=1S/C18H16Cl3N5OS/c1-28-18-23-8-12(6-10-2-3-11(19)7-13(10)20)26(18)9-16(27)25-17-14(22)4-5-15(21)24-17/h2-5,7-8H,6,9,22H2,1H3,(H,24,25,27)/p+1. The van der Waals surface area contributed by atoms with Gasteiger partial charge in [0.1, 0.15) is 17.0 Å². The van der Waals surface area contributed by atoms with Crippen molar-refractivity contribution in [1.29, 1.82) is 0 Å². The summed E-state index contributed by atoms with van der Waals surface area (Å²) >= 11 is 19.6. The van der Waals surface area contributed by atoms with Gasteiger partial charge in [-0.3, -0.25) is 4.79 Å². The number of nitrogens with zero attached hydrogens (tertiary/aromatic N) is 2. The van der Waals surface area contributed by atoms with Crippen molar-refractivity contribution in [2.45, 2.75) is 18.1 Å². The van der Waals surface area contributed by atoms with Crippen molar-refractivity contribution in [3.63, 3.8) is 0 Å². The number of aromatic amines is 1. The molecule has 28 heavy (non-hydrogen) atoms. The number of H-pyrrole nitrogens is 1. The average Bonchev–Trinajstić information content (AvgIpc) is 3.02. The number of amides is 1. The molecule has 4 N–H and O–H groups in total. The molecule has 0 spiro atoms. The lowest BCUT2D eigenvalue weighted by Gasteiger charge is -2.08. The summed E-state index contributed by atoms with van der Waals surface area (Å²) in [7, 11) is 0. The second-order valence-corrected chi connectivity index (χ2v) is 7.93. The van der Waals surface area contributed by atoms with Crippen LogP contribution in [0.3, 0.4) is 0 Å². The number of hydrogen-bond donors (Lipinski definition) is 3. The molecule has 0 saturated carbocycles. The van der Waals surface area contributed by atoms with E-state index in [-0.39, 0.29) is 23.4 Å². The lowest BCUT2D eigenvalue weighted by atomic mass is 10.1. The Morgan fingerprint density at radius 2 is 2.07 bits per heavy atom. The van der Waals surface area contributed by atoms with E-state index >= 15 is 0 Å². The zero-order chi connectivity index (χ0) is 20.3. The number of imidazole rings is 1. The number of anilines is 2. The van der Waals surface area contributed by atoms with Gasteiger partial charge in [-0.1, -0.05) is 40.9 Å². The summed E-state index contributed by atoms with van der Waals surface area (Å²) in [6.45, 7) is 0.0772. The summed E-state index contributed by atoms with van der Waals surface area (Å²) in [5.41, 5.74) is 8.00. The number of rotatable bonds is 6. The second kappa shape index (κ2) is 9.05. The number of hydrogen-bond acceptors (Lipinski definition) is 4. The molecule has 3 aromatic rings. The van der Waals surface area contributed by atoms with Crippen LogP contribution in [0.5, 0.6) is 0 Å². The van der Waals surface area contributed by atoms with Gasteiger partial charge in [0.25, 0.3) is 5.91 Å². The molecule has 2 aromatic heterocycles. The van der Waals surface area contributed by atoms with E-state index in [9.17, 15) is 4.79 Å². The molecular weight excluding hydrogens is 441 g/mol. The molecule has 1 aromatic carbocycles. The van der Waals surface area contributed by atoms with Crippen LogP contribution in [0.25, 0.3) is 0 Å². The van der Waals surface area contributed by atoms with Gasteiger partial charge in [-0.25, -0.2) is 14.5 Å². The molecule has 0 saturated heterocycles.